The van der Waals surface area contributed by atoms with E-state index in [2.05, 4.69) is 28.2 Å². The van der Waals surface area contributed by atoms with Gasteiger partial charge in [0.1, 0.15) is 0 Å². The summed E-state index contributed by atoms with van der Waals surface area (Å²) in [6, 6.07) is 4.75. The highest BCUT2D eigenvalue weighted by Crippen LogP contribution is 2.13. The van der Waals surface area contributed by atoms with E-state index >= 15 is 0 Å². The lowest BCUT2D eigenvalue weighted by Gasteiger charge is -2.24. The molecule has 1 aromatic heterocycles. The molecule has 106 valence electrons. The molecule has 0 bridgehead atoms. The van der Waals surface area contributed by atoms with Crippen molar-refractivity contribution >= 4 is 0 Å². The van der Waals surface area contributed by atoms with Crippen molar-refractivity contribution in [2.45, 2.75) is 38.8 Å². The number of nitrogens with one attached hydrogen (secondary N) is 1. The molecule has 4 nitrogen and oxygen atoms in total. The smallest absolute Gasteiger partial charge is 0.213 e. The van der Waals surface area contributed by atoms with Gasteiger partial charge in [-0.15, -0.1) is 0 Å². The Morgan fingerprint density at radius 3 is 3.21 bits per heavy atom. The van der Waals surface area contributed by atoms with Gasteiger partial charge in [-0.2, -0.15) is 0 Å². The van der Waals surface area contributed by atoms with E-state index in [-0.39, 0.29) is 0 Å². The Morgan fingerprint density at radius 1 is 1.53 bits per heavy atom. The van der Waals surface area contributed by atoms with Gasteiger partial charge in [0.2, 0.25) is 5.88 Å². The number of hydrogen-bond donors (Lipinski definition) is 1. The number of nitrogens with zero attached hydrogens (tertiary/aromatic N) is 2. The predicted molar refractivity (Wildman–Crippen MR) is 77.4 cm³/mol. The number of aromatic nitrogens is 1. The van der Waals surface area contributed by atoms with Gasteiger partial charge in [-0.05, 0) is 37.6 Å². The molecule has 0 amide bonds. The van der Waals surface area contributed by atoms with E-state index in [0.29, 0.717) is 11.9 Å². The first-order valence-electron chi connectivity index (χ1n) is 7.26. The maximum atomic E-state index is 5.19. The van der Waals surface area contributed by atoms with Crippen molar-refractivity contribution in [1.29, 1.82) is 0 Å². The number of pyridine rings is 1. The molecule has 1 N–H and O–H groups in total. The van der Waals surface area contributed by atoms with E-state index in [0.717, 1.165) is 26.2 Å². The Morgan fingerprint density at radius 2 is 2.42 bits per heavy atom. The van der Waals surface area contributed by atoms with Crippen LogP contribution in [0.25, 0.3) is 0 Å². The summed E-state index contributed by atoms with van der Waals surface area (Å²) >= 11 is 0. The average molecular weight is 263 g/mol. The number of methoxy groups -OCH3 is 1. The predicted octanol–water partition coefficient (Wildman–Crippen LogP) is 2.05. The lowest BCUT2D eigenvalue weighted by molar-refractivity contribution is 0.254. The van der Waals surface area contributed by atoms with Gasteiger partial charge >= 0.3 is 0 Å². The normalized spacial score (nSPS) is 21.1. The second-order valence-electron chi connectivity index (χ2n) is 5.23. The van der Waals surface area contributed by atoms with Gasteiger partial charge in [0.25, 0.3) is 0 Å². The summed E-state index contributed by atoms with van der Waals surface area (Å²) in [5, 5.41) is 3.64. The summed E-state index contributed by atoms with van der Waals surface area (Å²) in [4.78, 5) is 6.70. The largest absolute Gasteiger partial charge is 0.481 e. The van der Waals surface area contributed by atoms with Gasteiger partial charge in [0.15, 0.2) is 0 Å². The van der Waals surface area contributed by atoms with Crippen molar-refractivity contribution in [2.75, 3.05) is 26.7 Å². The second kappa shape index (κ2) is 7.46. The standard InChI is InChI=1S/C15H25N3O/c1-3-5-14-12-18(9-4-7-16-14)11-13-6-8-17-15(10-13)19-2/h6,8,10,14,16H,3-5,7,9,11-12H2,1-2H3. The van der Waals surface area contributed by atoms with Crippen LogP contribution in [0.5, 0.6) is 5.88 Å². The minimum atomic E-state index is 0.635. The van der Waals surface area contributed by atoms with Crippen molar-refractivity contribution in [3.05, 3.63) is 23.9 Å². The fraction of sp³-hybridized carbons (Fsp3) is 0.667. The van der Waals surface area contributed by atoms with E-state index in [1.165, 1.54) is 24.8 Å². The van der Waals surface area contributed by atoms with Crippen LogP contribution in [0.15, 0.2) is 18.3 Å². The lowest BCUT2D eigenvalue weighted by Crippen LogP contribution is -2.37. The van der Waals surface area contributed by atoms with Gasteiger partial charge in [0, 0.05) is 31.4 Å². The third-order valence-corrected chi connectivity index (χ3v) is 3.61. The van der Waals surface area contributed by atoms with E-state index in [4.69, 9.17) is 4.74 Å². The Bertz CT molecular complexity index is 383. The van der Waals surface area contributed by atoms with Crippen LogP contribution in [0, 0.1) is 0 Å². The van der Waals surface area contributed by atoms with Crippen LogP contribution < -0.4 is 10.1 Å². The maximum Gasteiger partial charge on any atom is 0.213 e. The van der Waals surface area contributed by atoms with Gasteiger partial charge in [-0.1, -0.05) is 13.3 Å². The molecule has 0 saturated carbocycles. The van der Waals surface area contributed by atoms with Crippen LogP contribution in [0.1, 0.15) is 31.7 Å². The monoisotopic (exact) mass is 263 g/mol. The second-order valence-corrected chi connectivity index (χ2v) is 5.23. The topological polar surface area (TPSA) is 37.4 Å². The highest BCUT2D eigenvalue weighted by molar-refractivity contribution is 5.20. The van der Waals surface area contributed by atoms with Crippen LogP contribution in [0.3, 0.4) is 0 Å². The van der Waals surface area contributed by atoms with Crippen LogP contribution >= 0.6 is 0 Å². The summed E-state index contributed by atoms with van der Waals surface area (Å²) in [6.07, 6.45) is 5.56. The van der Waals surface area contributed by atoms with Crippen LogP contribution in [-0.4, -0.2) is 42.7 Å². The molecule has 1 aliphatic heterocycles. The van der Waals surface area contributed by atoms with Crippen molar-refractivity contribution < 1.29 is 4.74 Å². The van der Waals surface area contributed by atoms with Gasteiger partial charge in [-0.25, -0.2) is 4.98 Å². The minimum absolute atomic E-state index is 0.635. The zero-order chi connectivity index (χ0) is 13.5. The summed E-state index contributed by atoms with van der Waals surface area (Å²) in [7, 11) is 1.67. The zero-order valence-corrected chi connectivity index (χ0v) is 12.1. The van der Waals surface area contributed by atoms with Crippen LogP contribution in [0.2, 0.25) is 0 Å². The van der Waals surface area contributed by atoms with Crippen molar-refractivity contribution in [3.8, 4) is 5.88 Å². The molecule has 4 heteroatoms. The molecule has 1 aromatic rings. The van der Waals surface area contributed by atoms with Gasteiger partial charge < -0.3 is 10.1 Å². The molecule has 2 heterocycles. The summed E-state index contributed by atoms with van der Waals surface area (Å²) in [5.41, 5.74) is 1.28. The molecule has 0 radical (unpaired) electrons. The van der Waals surface area contributed by atoms with Gasteiger partial charge in [-0.3, -0.25) is 4.90 Å². The third-order valence-electron chi connectivity index (χ3n) is 3.61. The number of hydrogen-bond acceptors (Lipinski definition) is 4. The Labute approximate surface area is 116 Å². The minimum Gasteiger partial charge on any atom is -0.481 e. The highest BCUT2D eigenvalue weighted by Gasteiger charge is 2.17. The molecule has 0 aromatic carbocycles. The Balaban J connectivity index is 1.95. The van der Waals surface area contributed by atoms with E-state index < -0.39 is 0 Å². The summed E-state index contributed by atoms with van der Waals surface area (Å²) in [6.45, 7) is 6.68. The molecule has 0 spiro atoms. The van der Waals surface area contributed by atoms with E-state index in [9.17, 15) is 0 Å². The molecule has 1 fully saturated rings. The van der Waals surface area contributed by atoms with E-state index in [1.807, 2.05) is 12.3 Å². The lowest BCUT2D eigenvalue weighted by atomic mass is 10.1. The molecule has 1 unspecified atom stereocenters. The molecule has 1 saturated heterocycles. The van der Waals surface area contributed by atoms with Crippen molar-refractivity contribution in [2.24, 2.45) is 0 Å². The van der Waals surface area contributed by atoms with Crippen molar-refractivity contribution in [3.63, 3.8) is 0 Å². The Kier molecular flexibility index (Phi) is 5.61. The van der Waals surface area contributed by atoms with Crippen LogP contribution in [-0.2, 0) is 6.54 Å². The van der Waals surface area contributed by atoms with Crippen molar-refractivity contribution in [1.82, 2.24) is 15.2 Å². The average Bonchev–Trinajstić information content (AvgIpc) is 2.65. The fourth-order valence-corrected chi connectivity index (χ4v) is 2.68. The molecular formula is C15H25N3O. The molecule has 0 aliphatic carbocycles. The molecule has 1 atom stereocenters. The van der Waals surface area contributed by atoms with E-state index in [1.54, 1.807) is 7.11 Å². The highest BCUT2D eigenvalue weighted by atomic mass is 16.5. The zero-order valence-electron chi connectivity index (χ0n) is 12.1. The quantitative estimate of drug-likeness (QED) is 0.882. The number of rotatable bonds is 5. The van der Waals surface area contributed by atoms with Gasteiger partial charge in [0.05, 0.1) is 7.11 Å². The Hall–Kier alpha value is -1.13. The molecule has 2 rings (SSSR count). The first-order chi connectivity index (χ1) is 9.31. The first kappa shape index (κ1) is 14.3. The maximum absolute atomic E-state index is 5.19. The summed E-state index contributed by atoms with van der Waals surface area (Å²) < 4.78 is 5.19. The molecule has 1 aliphatic rings. The summed E-state index contributed by atoms with van der Waals surface area (Å²) in [5.74, 6) is 0.704. The third kappa shape index (κ3) is 4.48. The van der Waals surface area contributed by atoms with Crippen LogP contribution in [0.4, 0.5) is 0 Å². The molecular weight excluding hydrogens is 238 g/mol. The first-order valence-corrected chi connectivity index (χ1v) is 7.26. The SMILES string of the molecule is CCCC1CN(Cc2ccnc(OC)c2)CCCN1. The molecule has 19 heavy (non-hydrogen) atoms. The number of ether oxygens (including phenoxy) is 1. The fourth-order valence-electron chi connectivity index (χ4n) is 2.68.